The van der Waals surface area contributed by atoms with Crippen molar-refractivity contribution in [3.05, 3.63) is 72.6 Å². The van der Waals surface area contributed by atoms with Gasteiger partial charge < -0.3 is 9.80 Å². The van der Waals surface area contributed by atoms with Crippen molar-refractivity contribution in [2.45, 2.75) is 6.92 Å². The van der Waals surface area contributed by atoms with Gasteiger partial charge in [-0.3, -0.25) is 0 Å². The van der Waals surface area contributed by atoms with Crippen LogP contribution in [0.1, 0.15) is 5.56 Å². The first-order valence-electron chi connectivity index (χ1n) is 7.31. The van der Waals surface area contributed by atoms with Crippen LogP contribution in [-0.4, -0.2) is 16.6 Å². The summed E-state index contributed by atoms with van der Waals surface area (Å²) in [5, 5.41) is 0. The first-order valence-corrected chi connectivity index (χ1v) is 7.31. The minimum atomic E-state index is 0.716. The smallest absolute Gasteiger partial charge is 0.178 e. The van der Waals surface area contributed by atoms with Gasteiger partial charge in [0, 0.05) is 23.8 Å². The van der Waals surface area contributed by atoms with Crippen molar-refractivity contribution in [2.75, 3.05) is 16.5 Å². The highest BCUT2D eigenvalue weighted by atomic mass is 15.4. The first-order chi connectivity index (χ1) is 10.8. The molecule has 0 N–H and O–H groups in total. The minimum absolute atomic E-state index is 0.716. The van der Waals surface area contributed by atoms with Gasteiger partial charge in [-0.15, -0.1) is 0 Å². The lowest BCUT2D eigenvalue weighted by Crippen LogP contribution is -2.24. The third kappa shape index (κ3) is 2.00. The van der Waals surface area contributed by atoms with Crippen LogP contribution in [0, 0.1) is 6.92 Å². The van der Waals surface area contributed by atoms with Gasteiger partial charge >= 0.3 is 0 Å². The summed E-state index contributed by atoms with van der Waals surface area (Å²) in [4.78, 5) is 13.5. The van der Waals surface area contributed by atoms with E-state index in [4.69, 9.17) is 0 Å². The second-order valence-corrected chi connectivity index (χ2v) is 5.32. The number of hydrogen-bond acceptors (Lipinski definition) is 4. The molecule has 3 aromatic rings. The molecule has 0 radical (unpaired) electrons. The molecule has 0 saturated carbocycles. The molecule has 4 rings (SSSR count). The van der Waals surface area contributed by atoms with Crippen LogP contribution in [0.15, 0.2) is 67.0 Å². The summed E-state index contributed by atoms with van der Waals surface area (Å²) in [5.41, 5.74) is 3.53. The molecule has 4 heteroatoms. The highest BCUT2D eigenvalue weighted by molar-refractivity contribution is 5.82. The Morgan fingerprint density at radius 1 is 0.773 bits per heavy atom. The molecule has 22 heavy (non-hydrogen) atoms. The Labute approximate surface area is 129 Å². The van der Waals surface area contributed by atoms with Crippen LogP contribution in [0.2, 0.25) is 0 Å². The molecule has 0 saturated heterocycles. The first kappa shape index (κ1) is 12.8. The van der Waals surface area contributed by atoms with E-state index in [1.807, 2.05) is 18.2 Å². The predicted octanol–water partition coefficient (Wildman–Crippen LogP) is 4.03. The lowest BCUT2D eigenvalue weighted by atomic mass is 10.2. The molecule has 1 aliphatic rings. The van der Waals surface area contributed by atoms with Gasteiger partial charge in [0.05, 0.1) is 0 Å². The van der Waals surface area contributed by atoms with Gasteiger partial charge in [-0.05, 0) is 30.7 Å². The van der Waals surface area contributed by atoms with Crippen molar-refractivity contribution in [1.29, 1.82) is 0 Å². The maximum absolute atomic E-state index is 4.56. The van der Waals surface area contributed by atoms with Gasteiger partial charge in [0.15, 0.2) is 11.6 Å². The number of aryl methyl sites for hydroxylation is 1. The Morgan fingerprint density at radius 2 is 1.41 bits per heavy atom. The summed E-state index contributed by atoms with van der Waals surface area (Å²) < 4.78 is 0. The van der Waals surface area contributed by atoms with Gasteiger partial charge in [0.25, 0.3) is 0 Å². The van der Waals surface area contributed by atoms with E-state index < -0.39 is 0 Å². The van der Waals surface area contributed by atoms with Crippen molar-refractivity contribution in [3.8, 4) is 0 Å². The van der Waals surface area contributed by atoms with Gasteiger partial charge in [0.2, 0.25) is 0 Å². The Kier molecular flexibility index (Phi) is 3.00. The monoisotopic (exact) mass is 288 g/mol. The molecule has 0 spiro atoms. The van der Waals surface area contributed by atoms with E-state index in [0.717, 1.165) is 17.3 Å². The maximum atomic E-state index is 4.56. The highest BCUT2D eigenvalue weighted by Gasteiger charge is 2.30. The molecule has 0 bridgehead atoms. The Morgan fingerprint density at radius 3 is 2.14 bits per heavy atom. The highest BCUT2D eigenvalue weighted by Crippen LogP contribution is 2.41. The second-order valence-electron chi connectivity index (χ2n) is 5.32. The third-order valence-electron chi connectivity index (χ3n) is 3.93. The molecule has 4 nitrogen and oxygen atoms in total. The molecule has 0 amide bonds. The van der Waals surface area contributed by atoms with Crippen molar-refractivity contribution in [1.82, 2.24) is 9.97 Å². The molecule has 0 aliphatic carbocycles. The fourth-order valence-electron chi connectivity index (χ4n) is 2.85. The lowest BCUT2D eigenvalue weighted by molar-refractivity contribution is 0.971. The Bertz CT molecular complexity index is 801. The van der Waals surface area contributed by atoms with Crippen molar-refractivity contribution < 1.29 is 0 Å². The van der Waals surface area contributed by atoms with E-state index >= 15 is 0 Å². The van der Waals surface area contributed by atoms with E-state index in [1.165, 1.54) is 11.3 Å². The Hall–Kier alpha value is -2.88. The minimum Gasteiger partial charge on any atom is -0.305 e. The summed E-state index contributed by atoms with van der Waals surface area (Å²) in [6.07, 6.45) is 3.49. The molecular formula is C18H16N4. The zero-order valence-electron chi connectivity index (χ0n) is 12.3. The quantitative estimate of drug-likeness (QED) is 0.712. The Balaban J connectivity index is 1.83. The number of aromatic nitrogens is 2. The molecule has 0 fully saturated rings. The third-order valence-corrected chi connectivity index (χ3v) is 3.93. The number of benzene rings is 2. The van der Waals surface area contributed by atoms with E-state index in [0.29, 0.717) is 6.67 Å². The van der Waals surface area contributed by atoms with E-state index in [2.05, 4.69) is 63.1 Å². The fourth-order valence-corrected chi connectivity index (χ4v) is 2.85. The average Bonchev–Trinajstić information content (AvgIpc) is 2.96. The number of fused-ring (bicyclic) bond motifs is 1. The van der Waals surface area contributed by atoms with E-state index in [-0.39, 0.29) is 0 Å². The van der Waals surface area contributed by atoms with Crippen LogP contribution in [-0.2, 0) is 0 Å². The molecule has 2 aromatic carbocycles. The largest absolute Gasteiger partial charge is 0.305 e. The van der Waals surface area contributed by atoms with Gasteiger partial charge in [0.1, 0.15) is 6.67 Å². The van der Waals surface area contributed by atoms with Crippen LogP contribution in [0.3, 0.4) is 0 Å². The van der Waals surface area contributed by atoms with Crippen molar-refractivity contribution in [2.24, 2.45) is 0 Å². The van der Waals surface area contributed by atoms with Crippen molar-refractivity contribution >= 4 is 23.0 Å². The number of anilines is 4. The van der Waals surface area contributed by atoms with Gasteiger partial charge in [-0.1, -0.05) is 36.4 Å². The average molecular weight is 288 g/mol. The molecule has 0 unspecified atom stereocenters. The summed E-state index contributed by atoms with van der Waals surface area (Å²) in [7, 11) is 0. The maximum Gasteiger partial charge on any atom is 0.178 e. The fraction of sp³-hybridized carbons (Fsp3) is 0.111. The van der Waals surface area contributed by atoms with Crippen molar-refractivity contribution in [3.63, 3.8) is 0 Å². The topological polar surface area (TPSA) is 32.3 Å². The zero-order chi connectivity index (χ0) is 14.9. The summed E-state index contributed by atoms with van der Waals surface area (Å²) >= 11 is 0. The predicted molar refractivity (Wildman–Crippen MR) is 88.8 cm³/mol. The van der Waals surface area contributed by atoms with Gasteiger partial charge in [-0.2, -0.15) is 0 Å². The molecule has 0 atom stereocenters. The second kappa shape index (κ2) is 5.15. The molecule has 1 aliphatic heterocycles. The summed E-state index contributed by atoms with van der Waals surface area (Å²) in [5.74, 6) is 1.80. The molecule has 108 valence electrons. The normalized spacial score (nSPS) is 13.3. The summed E-state index contributed by atoms with van der Waals surface area (Å²) in [6.45, 7) is 2.84. The molecule has 1 aromatic heterocycles. The molecular weight excluding hydrogens is 272 g/mol. The van der Waals surface area contributed by atoms with E-state index in [1.54, 1.807) is 12.4 Å². The number of para-hydroxylation sites is 2. The summed E-state index contributed by atoms with van der Waals surface area (Å²) in [6, 6.07) is 18.7. The SMILES string of the molecule is Cc1ccccc1N1CN(c2ccccc2)c2nccnc21. The standard InChI is InChI=1S/C18H16N4/c1-14-7-5-6-10-16(14)22-13-21(15-8-3-2-4-9-15)17-18(22)20-12-11-19-17/h2-12H,13H2,1H3. The molecule has 2 heterocycles. The van der Waals surface area contributed by atoms with E-state index in [9.17, 15) is 0 Å². The van der Waals surface area contributed by atoms with Crippen LogP contribution in [0.5, 0.6) is 0 Å². The number of rotatable bonds is 2. The number of nitrogens with zero attached hydrogens (tertiary/aromatic N) is 4. The van der Waals surface area contributed by atoms with Crippen LogP contribution < -0.4 is 9.80 Å². The van der Waals surface area contributed by atoms with Crippen LogP contribution in [0.4, 0.5) is 23.0 Å². The zero-order valence-corrected chi connectivity index (χ0v) is 12.3. The van der Waals surface area contributed by atoms with Crippen LogP contribution >= 0.6 is 0 Å². The lowest BCUT2D eigenvalue weighted by Gasteiger charge is -2.22. The van der Waals surface area contributed by atoms with Crippen LogP contribution in [0.25, 0.3) is 0 Å². The number of hydrogen-bond donors (Lipinski definition) is 0. The van der Waals surface area contributed by atoms with Gasteiger partial charge in [-0.25, -0.2) is 9.97 Å².